The third-order valence-corrected chi connectivity index (χ3v) is 3.13. The van der Waals surface area contributed by atoms with Crippen molar-refractivity contribution in [1.82, 2.24) is 5.32 Å². The van der Waals surface area contributed by atoms with Gasteiger partial charge in [-0.25, -0.2) is 0 Å². The molecular weight excluding hydrogens is 170 g/mol. The molecule has 0 aromatic heterocycles. The fourth-order valence-corrected chi connectivity index (χ4v) is 2.69. The normalized spacial score (nSPS) is 28.7. The molecule has 0 aromatic rings. The maximum absolute atomic E-state index is 3.55. The van der Waals surface area contributed by atoms with Gasteiger partial charge in [0.25, 0.3) is 0 Å². The summed E-state index contributed by atoms with van der Waals surface area (Å²) in [6.07, 6.45) is 2.77. The van der Waals surface area contributed by atoms with E-state index in [1.54, 1.807) is 0 Å². The summed E-state index contributed by atoms with van der Waals surface area (Å²) in [7, 11) is 0. The Morgan fingerprint density at radius 1 is 1.14 bits per heavy atom. The van der Waals surface area contributed by atoms with Crippen LogP contribution in [-0.2, 0) is 0 Å². The molecule has 1 heterocycles. The summed E-state index contributed by atoms with van der Waals surface area (Å²) < 4.78 is 0. The van der Waals surface area contributed by atoms with E-state index in [9.17, 15) is 0 Å². The zero-order valence-electron chi connectivity index (χ0n) is 10.6. The molecular formula is C13H27N. The van der Waals surface area contributed by atoms with Gasteiger partial charge in [-0.1, -0.05) is 34.6 Å². The highest BCUT2D eigenvalue weighted by Crippen LogP contribution is 2.33. The molecule has 1 aliphatic rings. The minimum atomic E-state index is 0.492. The van der Waals surface area contributed by atoms with Gasteiger partial charge in [-0.05, 0) is 49.1 Å². The van der Waals surface area contributed by atoms with Gasteiger partial charge in [-0.15, -0.1) is 0 Å². The van der Waals surface area contributed by atoms with Crippen LogP contribution in [0.5, 0.6) is 0 Å². The number of hydrogen-bond donors (Lipinski definition) is 1. The fraction of sp³-hybridized carbons (Fsp3) is 1.00. The fourth-order valence-electron chi connectivity index (χ4n) is 2.69. The van der Waals surface area contributed by atoms with Crippen LogP contribution in [0.1, 0.15) is 47.5 Å². The van der Waals surface area contributed by atoms with Crippen molar-refractivity contribution in [3.63, 3.8) is 0 Å². The molecule has 0 aromatic carbocycles. The number of hydrogen-bond acceptors (Lipinski definition) is 1. The van der Waals surface area contributed by atoms with Crippen LogP contribution in [0.25, 0.3) is 0 Å². The van der Waals surface area contributed by atoms with Crippen LogP contribution < -0.4 is 5.32 Å². The molecule has 84 valence electrons. The van der Waals surface area contributed by atoms with Crippen molar-refractivity contribution in [2.24, 2.45) is 23.2 Å². The quantitative estimate of drug-likeness (QED) is 0.732. The molecule has 2 atom stereocenters. The summed E-state index contributed by atoms with van der Waals surface area (Å²) in [4.78, 5) is 0. The van der Waals surface area contributed by atoms with E-state index in [0.29, 0.717) is 5.41 Å². The Morgan fingerprint density at radius 2 is 1.71 bits per heavy atom. The van der Waals surface area contributed by atoms with Crippen LogP contribution in [0.15, 0.2) is 0 Å². The minimum absolute atomic E-state index is 0.492. The average Bonchev–Trinajstić information content (AvgIpc) is 2.32. The molecule has 0 saturated carbocycles. The Morgan fingerprint density at radius 3 is 2.21 bits per heavy atom. The summed E-state index contributed by atoms with van der Waals surface area (Å²) >= 11 is 0. The lowest BCUT2D eigenvalue weighted by atomic mass is 9.78. The molecule has 0 amide bonds. The molecule has 1 aliphatic heterocycles. The van der Waals surface area contributed by atoms with Gasteiger partial charge < -0.3 is 5.32 Å². The summed E-state index contributed by atoms with van der Waals surface area (Å²) in [5, 5.41) is 3.55. The Bertz CT molecular complexity index is 167. The third-order valence-electron chi connectivity index (χ3n) is 3.13. The Balaban J connectivity index is 2.43. The van der Waals surface area contributed by atoms with Crippen molar-refractivity contribution in [3.8, 4) is 0 Å². The van der Waals surface area contributed by atoms with Crippen molar-refractivity contribution in [2.75, 3.05) is 13.1 Å². The van der Waals surface area contributed by atoms with Gasteiger partial charge >= 0.3 is 0 Å². The molecule has 1 N–H and O–H groups in total. The highest BCUT2D eigenvalue weighted by Gasteiger charge is 2.30. The summed E-state index contributed by atoms with van der Waals surface area (Å²) in [6, 6.07) is 0. The van der Waals surface area contributed by atoms with E-state index in [0.717, 1.165) is 17.8 Å². The lowest BCUT2D eigenvalue weighted by molar-refractivity contribution is 0.242. The molecule has 1 fully saturated rings. The first-order valence-corrected chi connectivity index (χ1v) is 6.09. The van der Waals surface area contributed by atoms with Gasteiger partial charge in [0.15, 0.2) is 0 Å². The number of rotatable bonds is 3. The van der Waals surface area contributed by atoms with Crippen LogP contribution in [0.4, 0.5) is 0 Å². The monoisotopic (exact) mass is 197 g/mol. The SMILES string of the molecule is CC(C)CC1CNCC1CC(C)(C)C. The predicted molar refractivity (Wildman–Crippen MR) is 63.4 cm³/mol. The van der Waals surface area contributed by atoms with Crippen LogP contribution in [0.2, 0.25) is 0 Å². The van der Waals surface area contributed by atoms with Crippen molar-refractivity contribution >= 4 is 0 Å². The highest BCUT2D eigenvalue weighted by molar-refractivity contribution is 4.84. The molecule has 1 nitrogen and oxygen atoms in total. The topological polar surface area (TPSA) is 12.0 Å². The van der Waals surface area contributed by atoms with Crippen molar-refractivity contribution in [1.29, 1.82) is 0 Å². The van der Waals surface area contributed by atoms with E-state index < -0.39 is 0 Å². The minimum Gasteiger partial charge on any atom is -0.316 e. The first-order chi connectivity index (χ1) is 6.38. The van der Waals surface area contributed by atoms with E-state index in [1.807, 2.05) is 0 Å². The third kappa shape index (κ3) is 4.00. The van der Waals surface area contributed by atoms with E-state index in [-0.39, 0.29) is 0 Å². The lowest BCUT2D eigenvalue weighted by Crippen LogP contribution is -2.21. The van der Waals surface area contributed by atoms with E-state index >= 15 is 0 Å². The molecule has 2 unspecified atom stereocenters. The summed E-state index contributed by atoms with van der Waals surface area (Å²) in [5.41, 5.74) is 0.492. The van der Waals surface area contributed by atoms with Gasteiger partial charge in [0.2, 0.25) is 0 Å². The van der Waals surface area contributed by atoms with Gasteiger partial charge in [-0.2, -0.15) is 0 Å². The Hall–Kier alpha value is -0.0400. The first kappa shape index (κ1) is 12.0. The Kier molecular flexibility index (Phi) is 4.00. The lowest BCUT2D eigenvalue weighted by Gasteiger charge is -2.27. The zero-order chi connectivity index (χ0) is 10.8. The molecule has 1 saturated heterocycles. The van der Waals surface area contributed by atoms with Crippen LogP contribution in [0, 0.1) is 23.2 Å². The second-order valence-electron chi connectivity index (χ2n) is 6.57. The van der Waals surface area contributed by atoms with E-state index in [1.165, 1.54) is 25.9 Å². The van der Waals surface area contributed by atoms with Gasteiger partial charge in [0, 0.05) is 0 Å². The maximum Gasteiger partial charge on any atom is -0.00171 e. The van der Waals surface area contributed by atoms with Crippen LogP contribution >= 0.6 is 0 Å². The zero-order valence-corrected chi connectivity index (χ0v) is 10.6. The van der Waals surface area contributed by atoms with Gasteiger partial charge in [-0.3, -0.25) is 0 Å². The largest absolute Gasteiger partial charge is 0.316 e. The van der Waals surface area contributed by atoms with Gasteiger partial charge in [0.1, 0.15) is 0 Å². The summed E-state index contributed by atoms with van der Waals surface area (Å²) in [6.45, 7) is 14.2. The maximum atomic E-state index is 3.55. The molecule has 14 heavy (non-hydrogen) atoms. The Labute approximate surface area is 89.7 Å². The molecule has 1 heteroatoms. The van der Waals surface area contributed by atoms with Crippen molar-refractivity contribution < 1.29 is 0 Å². The van der Waals surface area contributed by atoms with Crippen molar-refractivity contribution in [3.05, 3.63) is 0 Å². The van der Waals surface area contributed by atoms with Crippen molar-refractivity contribution in [2.45, 2.75) is 47.5 Å². The molecule has 1 rings (SSSR count). The second kappa shape index (κ2) is 4.65. The predicted octanol–water partition coefficient (Wildman–Crippen LogP) is 3.30. The average molecular weight is 197 g/mol. The molecule has 0 radical (unpaired) electrons. The second-order valence-corrected chi connectivity index (χ2v) is 6.57. The first-order valence-electron chi connectivity index (χ1n) is 6.09. The smallest absolute Gasteiger partial charge is 0.00171 e. The molecule has 0 bridgehead atoms. The molecule has 0 aliphatic carbocycles. The van der Waals surface area contributed by atoms with E-state index in [2.05, 4.69) is 39.9 Å². The standard InChI is InChI=1S/C13H27N/c1-10(2)6-11-8-14-9-12(11)7-13(3,4)5/h10-12,14H,6-9H2,1-5H3. The summed E-state index contributed by atoms with van der Waals surface area (Å²) in [5.74, 6) is 2.69. The van der Waals surface area contributed by atoms with Crippen LogP contribution in [0.3, 0.4) is 0 Å². The van der Waals surface area contributed by atoms with E-state index in [4.69, 9.17) is 0 Å². The van der Waals surface area contributed by atoms with Gasteiger partial charge in [0.05, 0.1) is 0 Å². The van der Waals surface area contributed by atoms with Crippen LogP contribution in [-0.4, -0.2) is 13.1 Å². The highest BCUT2D eigenvalue weighted by atomic mass is 14.9. The number of nitrogens with one attached hydrogen (secondary N) is 1. The molecule has 0 spiro atoms.